The monoisotopic (exact) mass is 254 g/mol. The lowest BCUT2D eigenvalue weighted by atomic mass is 10.0. The first-order valence-electron chi connectivity index (χ1n) is 6.85. The first kappa shape index (κ1) is 13.8. The van der Waals surface area contributed by atoms with Gasteiger partial charge in [-0.25, -0.2) is 0 Å². The summed E-state index contributed by atoms with van der Waals surface area (Å²) in [6.07, 6.45) is -0.00451. The number of carbonyl (C=O) groups is 1. The number of amides is 1. The number of nitrogens with two attached hydrogens (primary N) is 1. The highest BCUT2D eigenvalue weighted by Crippen LogP contribution is 2.68. The van der Waals surface area contributed by atoms with Crippen molar-refractivity contribution in [1.82, 2.24) is 4.90 Å². The molecule has 2 unspecified atom stereocenters. The number of morpholine rings is 1. The van der Waals surface area contributed by atoms with Crippen LogP contribution in [0.1, 0.15) is 34.6 Å². The number of carbonyl (C=O) groups excluding carboxylic acids is 1. The maximum Gasteiger partial charge on any atom is 0.227 e. The molecule has 2 fully saturated rings. The molecule has 4 nitrogen and oxygen atoms in total. The smallest absolute Gasteiger partial charge is 0.227 e. The van der Waals surface area contributed by atoms with Gasteiger partial charge in [-0.3, -0.25) is 4.79 Å². The van der Waals surface area contributed by atoms with Gasteiger partial charge in [0.05, 0.1) is 18.8 Å². The van der Waals surface area contributed by atoms with Crippen LogP contribution in [0.5, 0.6) is 0 Å². The van der Waals surface area contributed by atoms with Gasteiger partial charge in [0.1, 0.15) is 0 Å². The Bertz CT molecular complexity index is 338. The third-order valence-electron chi connectivity index (χ3n) is 5.32. The molecule has 0 bridgehead atoms. The third-order valence-corrected chi connectivity index (χ3v) is 5.32. The number of ether oxygens (including phenoxy) is 1. The van der Waals surface area contributed by atoms with E-state index in [9.17, 15) is 4.79 Å². The first-order valence-corrected chi connectivity index (χ1v) is 6.85. The van der Waals surface area contributed by atoms with Gasteiger partial charge < -0.3 is 15.4 Å². The van der Waals surface area contributed by atoms with Crippen molar-refractivity contribution in [2.75, 3.05) is 19.7 Å². The van der Waals surface area contributed by atoms with Crippen LogP contribution in [0.15, 0.2) is 0 Å². The Morgan fingerprint density at radius 1 is 1.33 bits per heavy atom. The number of hydrogen-bond acceptors (Lipinski definition) is 3. The highest BCUT2D eigenvalue weighted by atomic mass is 16.5. The van der Waals surface area contributed by atoms with Crippen molar-refractivity contribution < 1.29 is 9.53 Å². The van der Waals surface area contributed by atoms with Crippen LogP contribution in [0.4, 0.5) is 0 Å². The van der Waals surface area contributed by atoms with Crippen LogP contribution in [0.25, 0.3) is 0 Å². The second-order valence-electron chi connectivity index (χ2n) is 6.91. The van der Waals surface area contributed by atoms with E-state index in [1.54, 1.807) is 0 Å². The number of nitrogens with zero attached hydrogens (tertiary/aromatic N) is 1. The van der Waals surface area contributed by atoms with E-state index in [1.165, 1.54) is 0 Å². The zero-order valence-electron chi connectivity index (χ0n) is 12.2. The fourth-order valence-corrected chi connectivity index (χ4v) is 3.25. The van der Waals surface area contributed by atoms with Crippen molar-refractivity contribution in [2.24, 2.45) is 22.5 Å². The van der Waals surface area contributed by atoms with Crippen LogP contribution < -0.4 is 5.73 Å². The lowest BCUT2D eigenvalue weighted by Crippen LogP contribution is -2.53. The van der Waals surface area contributed by atoms with Gasteiger partial charge in [0.25, 0.3) is 0 Å². The molecule has 4 heteroatoms. The molecule has 18 heavy (non-hydrogen) atoms. The summed E-state index contributed by atoms with van der Waals surface area (Å²) in [7, 11) is 0. The summed E-state index contributed by atoms with van der Waals surface area (Å²) in [6.45, 7) is 12.5. The van der Waals surface area contributed by atoms with Crippen LogP contribution in [-0.2, 0) is 9.53 Å². The van der Waals surface area contributed by atoms with Crippen LogP contribution in [-0.4, -0.2) is 42.6 Å². The molecule has 2 atom stereocenters. The van der Waals surface area contributed by atoms with Crippen LogP contribution in [0.2, 0.25) is 0 Å². The second-order valence-corrected chi connectivity index (χ2v) is 6.91. The summed E-state index contributed by atoms with van der Waals surface area (Å²) in [5.74, 6) is 0.406. The highest BCUT2D eigenvalue weighted by Gasteiger charge is 2.69. The summed E-state index contributed by atoms with van der Waals surface area (Å²) in [5, 5.41) is 0. The Balaban J connectivity index is 2.10. The predicted octanol–water partition coefficient (Wildman–Crippen LogP) is 1.24. The van der Waals surface area contributed by atoms with E-state index in [4.69, 9.17) is 10.5 Å². The Kier molecular flexibility index (Phi) is 3.23. The van der Waals surface area contributed by atoms with E-state index in [1.807, 2.05) is 11.8 Å². The van der Waals surface area contributed by atoms with Crippen molar-refractivity contribution in [3.63, 3.8) is 0 Å². The third kappa shape index (κ3) is 1.86. The van der Waals surface area contributed by atoms with Gasteiger partial charge >= 0.3 is 0 Å². The summed E-state index contributed by atoms with van der Waals surface area (Å²) >= 11 is 0. The average molecular weight is 254 g/mol. The highest BCUT2D eigenvalue weighted by molar-refractivity contribution is 5.84. The van der Waals surface area contributed by atoms with Crippen molar-refractivity contribution in [3.8, 4) is 0 Å². The van der Waals surface area contributed by atoms with Gasteiger partial charge in [-0.1, -0.05) is 27.7 Å². The molecule has 2 N–H and O–H groups in total. The maximum absolute atomic E-state index is 12.7. The zero-order valence-corrected chi connectivity index (χ0v) is 12.2. The molecule has 1 aliphatic carbocycles. The molecular weight excluding hydrogens is 228 g/mol. The second kappa shape index (κ2) is 4.20. The minimum Gasteiger partial charge on any atom is -0.373 e. The van der Waals surface area contributed by atoms with Gasteiger partial charge in [0.15, 0.2) is 0 Å². The van der Waals surface area contributed by atoms with E-state index in [0.29, 0.717) is 19.7 Å². The molecule has 0 aromatic rings. The average Bonchev–Trinajstić information content (AvgIpc) is 2.69. The Labute approximate surface area is 110 Å². The first-order chi connectivity index (χ1) is 8.23. The van der Waals surface area contributed by atoms with Crippen LogP contribution >= 0.6 is 0 Å². The molecule has 1 saturated carbocycles. The quantitative estimate of drug-likeness (QED) is 0.806. The molecular formula is C14H26N2O2. The SMILES string of the molecule is CC1COC(CN)CN1C(=O)C1C(C)(C)C1(C)C. The van der Waals surface area contributed by atoms with E-state index in [2.05, 4.69) is 27.7 Å². The molecule has 0 aromatic carbocycles. The predicted molar refractivity (Wildman–Crippen MR) is 71.0 cm³/mol. The summed E-state index contributed by atoms with van der Waals surface area (Å²) in [4.78, 5) is 14.7. The Morgan fingerprint density at radius 2 is 1.89 bits per heavy atom. The molecule has 1 heterocycles. The van der Waals surface area contributed by atoms with Gasteiger partial charge in [-0.2, -0.15) is 0 Å². The van der Waals surface area contributed by atoms with Gasteiger partial charge in [-0.05, 0) is 17.8 Å². The number of rotatable bonds is 2. The molecule has 1 aliphatic heterocycles. The van der Waals surface area contributed by atoms with Crippen LogP contribution in [0.3, 0.4) is 0 Å². The Hall–Kier alpha value is -0.610. The van der Waals surface area contributed by atoms with Gasteiger partial charge in [0, 0.05) is 19.0 Å². The van der Waals surface area contributed by atoms with E-state index in [-0.39, 0.29) is 34.8 Å². The molecule has 1 saturated heterocycles. The van der Waals surface area contributed by atoms with E-state index in [0.717, 1.165) is 0 Å². The van der Waals surface area contributed by atoms with Crippen LogP contribution in [0, 0.1) is 16.7 Å². The standard InChI is InChI=1S/C14H26N2O2/c1-9-8-18-10(6-15)7-16(9)12(17)11-13(2,3)14(11,4)5/h9-11H,6-8,15H2,1-5H3. The maximum atomic E-state index is 12.7. The lowest BCUT2D eigenvalue weighted by Gasteiger charge is -2.38. The van der Waals surface area contributed by atoms with Crippen molar-refractivity contribution in [3.05, 3.63) is 0 Å². The summed E-state index contributed by atoms with van der Waals surface area (Å²) in [5.41, 5.74) is 5.84. The number of hydrogen-bond donors (Lipinski definition) is 1. The largest absolute Gasteiger partial charge is 0.373 e. The van der Waals surface area contributed by atoms with Crippen molar-refractivity contribution in [1.29, 1.82) is 0 Å². The Morgan fingerprint density at radius 3 is 2.33 bits per heavy atom. The zero-order chi connectivity index (χ0) is 13.7. The normalized spacial score (nSPS) is 34.4. The lowest BCUT2D eigenvalue weighted by molar-refractivity contribution is -0.146. The summed E-state index contributed by atoms with van der Waals surface area (Å²) in [6, 6.07) is 0.160. The van der Waals surface area contributed by atoms with E-state index >= 15 is 0 Å². The fourth-order valence-electron chi connectivity index (χ4n) is 3.25. The van der Waals surface area contributed by atoms with Crippen molar-refractivity contribution in [2.45, 2.75) is 46.8 Å². The molecule has 1 amide bonds. The van der Waals surface area contributed by atoms with Crippen molar-refractivity contribution >= 4 is 5.91 Å². The molecule has 2 aliphatic rings. The summed E-state index contributed by atoms with van der Waals surface area (Å²) < 4.78 is 5.60. The minimum atomic E-state index is -0.00451. The topological polar surface area (TPSA) is 55.6 Å². The minimum absolute atomic E-state index is 0.00451. The van der Waals surface area contributed by atoms with Gasteiger partial charge in [0.2, 0.25) is 5.91 Å². The fraction of sp³-hybridized carbons (Fsp3) is 0.929. The molecule has 0 aromatic heterocycles. The van der Waals surface area contributed by atoms with E-state index < -0.39 is 0 Å². The molecule has 0 radical (unpaired) electrons. The molecule has 104 valence electrons. The molecule has 0 spiro atoms. The molecule has 2 rings (SSSR count). The van der Waals surface area contributed by atoms with Gasteiger partial charge in [-0.15, -0.1) is 0 Å².